The number of nitro groups is 2. The molecule has 0 unspecified atom stereocenters. The van der Waals surface area contributed by atoms with E-state index in [0.29, 0.717) is 0 Å². The fourth-order valence-electron chi connectivity index (χ4n) is 1.58. The van der Waals surface area contributed by atoms with Crippen LogP contribution < -0.4 is 0 Å². The van der Waals surface area contributed by atoms with E-state index in [1.54, 1.807) is 0 Å². The molecule has 9 nitrogen and oxygen atoms in total. The summed E-state index contributed by atoms with van der Waals surface area (Å²) in [6.07, 6.45) is 2.28. The molecule has 1 heterocycles. The Morgan fingerprint density at radius 1 is 1.25 bits per heavy atom. The van der Waals surface area contributed by atoms with Crippen molar-refractivity contribution in [2.24, 2.45) is 0 Å². The molecule has 0 spiro atoms. The zero-order valence-corrected chi connectivity index (χ0v) is 10.0. The Bertz CT molecular complexity index is 694. The molecular formula is C11H8N4O5. The van der Waals surface area contributed by atoms with Gasteiger partial charge in [0.1, 0.15) is 6.20 Å². The second-order valence-electron chi connectivity index (χ2n) is 3.89. The van der Waals surface area contributed by atoms with Crippen molar-refractivity contribution < 1.29 is 14.6 Å². The lowest BCUT2D eigenvalue weighted by Crippen LogP contribution is -2.09. The van der Waals surface area contributed by atoms with Crippen molar-refractivity contribution in [3.63, 3.8) is 0 Å². The van der Waals surface area contributed by atoms with E-state index < -0.39 is 15.6 Å². The van der Waals surface area contributed by atoms with Crippen LogP contribution in [-0.2, 0) is 6.54 Å². The van der Waals surface area contributed by atoms with Crippen LogP contribution in [0.1, 0.15) is 10.4 Å². The largest absolute Gasteiger partial charge is 0.381 e. The lowest BCUT2D eigenvalue weighted by atomic mass is 10.1. The van der Waals surface area contributed by atoms with Crippen LogP contribution in [0.5, 0.6) is 0 Å². The van der Waals surface area contributed by atoms with Crippen LogP contribution in [0.2, 0.25) is 0 Å². The van der Waals surface area contributed by atoms with Crippen molar-refractivity contribution in [1.29, 1.82) is 0 Å². The minimum Gasteiger partial charge on any atom is -0.358 e. The summed E-state index contributed by atoms with van der Waals surface area (Å²) in [5.41, 5.74) is -0.0250. The highest BCUT2D eigenvalue weighted by atomic mass is 16.6. The monoisotopic (exact) mass is 276 g/mol. The molecule has 1 aromatic carbocycles. The Hall–Kier alpha value is -3.10. The first kappa shape index (κ1) is 13.3. The maximum atomic E-state index is 11.9. The Kier molecular flexibility index (Phi) is 3.51. The Balaban J connectivity index is 2.17. The van der Waals surface area contributed by atoms with Gasteiger partial charge < -0.3 is 14.7 Å². The third-order valence-electron chi connectivity index (χ3n) is 2.51. The van der Waals surface area contributed by atoms with Crippen molar-refractivity contribution in [2.45, 2.75) is 6.54 Å². The van der Waals surface area contributed by atoms with Crippen LogP contribution in [0.25, 0.3) is 0 Å². The van der Waals surface area contributed by atoms with Gasteiger partial charge in [0, 0.05) is 17.7 Å². The molecule has 0 radical (unpaired) electrons. The van der Waals surface area contributed by atoms with Gasteiger partial charge in [0.05, 0.1) is 11.5 Å². The number of non-ortho nitro benzene ring substituents is 1. The molecule has 0 amide bonds. The second-order valence-corrected chi connectivity index (χ2v) is 3.89. The standard InChI is InChI=1S/C11H8N4O5/c16-10(5-13-6-11(12-7-13)15(19)20)8-2-1-3-9(4-8)14(17)18/h1-4,6-7H,5H2. The minimum atomic E-state index is -0.672. The van der Waals surface area contributed by atoms with Gasteiger partial charge in [0.15, 0.2) is 5.78 Å². The highest BCUT2D eigenvalue weighted by molar-refractivity contribution is 5.96. The van der Waals surface area contributed by atoms with Gasteiger partial charge in [0.25, 0.3) is 5.69 Å². The molecule has 2 rings (SSSR count). The van der Waals surface area contributed by atoms with Crippen molar-refractivity contribution in [3.8, 4) is 0 Å². The number of carbonyl (C=O) groups is 1. The number of imidazole rings is 1. The summed E-state index contributed by atoms with van der Waals surface area (Å²) >= 11 is 0. The van der Waals surface area contributed by atoms with Gasteiger partial charge in [-0.05, 0) is 9.91 Å². The number of aromatic nitrogens is 2. The van der Waals surface area contributed by atoms with E-state index in [9.17, 15) is 25.0 Å². The average Bonchev–Trinajstić information content (AvgIpc) is 2.87. The molecule has 1 aromatic heterocycles. The molecule has 9 heteroatoms. The van der Waals surface area contributed by atoms with Gasteiger partial charge in [-0.15, -0.1) is 0 Å². The first-order chi connectivity index (χ1) is 9.47. The quantitative estimate of drug-likeness (QED) is 0.464. The number of nitro benzene ring substituents is 1. The molecular weight excluding hydrogens is 268 g/mol. The number of Topliss-reactive ketones (excluding diaryl/α,β-unsaturated/α-hetero) is 1. The Labute approximate surface area is 111 Å². The third kappa shape index (κ3) is 2.83. The maximum absolute atomic E-state index is 11.9. The first-order valence-corrected chi connectivity index (χ1v) is 5.41. The number of hydrogen-bond acceptors (Lipinski definition) is 6. The van der Waals surface area contributed by atoms with E-state index in [2.05, 4.69) is 4.98 Å². The maximum Gasteiger partial charge on any atom is 0.381 e. The minimum absolute atomic E-state index is 0.163. The Morgan fingerprint density at radius 3 is 2.60 bits per heavy atom. The predicted octanol–water partition coefficient (Wildman–Crippen LogP) is 1.58. The highest BCUT2D eigenvalue weighted by Crippen LogP contribution is 2.14. The van der Waals surface area contributed by atoms with Crippen LogP contribution in [0.15, 0.2) is 36.8 Å². The van der Waals surface area contributed by atoms with Gasteiger partial charge in [-0.3, -0.25) is 14.9 Å². The lowest BCUT2D eigenvalue weighted by Gasteiger charge is -2.00. The van der Waals surface area contributed by atoms with Crippen LogP contribution in [0.3, 0.4) is 0 Å². The van der Waals surface area contributed by atoms with Crippen molar-refractivity contribution in [2.75, 3.05) is 0 Å². The molecule has 0 aliphatic carbocycles. The number of carbonyl (C=O) groups excluding carboxylic acids is 1. The lowest BCUT2D eigenvalue weighted by molar-refractivity contribution is -0.389. The summed E-state index contributed by atoms with van der Waals surface area (Å²) < 4.78 is 1.25. The smallest absolute Gasteiger partial charge is 0.358 e. The van der Waals surface area contributed by atoms with E-state index in [1.807, 2.05) is 0 Å². The molecule has 2 aromatic rings. The summed E-state index contributed by atoms with van der Waals surface area (Å²) in [5.74, 6) is -0.766. The fraction of sp³-hybridized carbons (Fsp3) is 0.0909. The molecule has 0 saturated carbocycles. The zero-order chi connectivity index (χ0) is 14.7. The molecule has 102 valence electrons. The summed E-state index contributed by atoms with van der Waals surface area (Å²) in [4.78, 5) is 35.2. The number of ketones is 1. The third-order valence-corrected chi connectivity index (χ3v) is 2.51. The molecule has 0 atom stereocenters. The van der Waals surface area contributed by atoms with Crippen LogP contribution >= 0.6 is 0 Å². The summed E-state index contributed by atoms with van der Waals surface area (Å²) in [5, 5.41) is 21.1. The topological polar surface area (TPSA) is 121 Å². The summed E-state index contributed by atoms with van der Waals surface area (Å²) in [6.45, 7) is -0.179. The van der Waals surface area contributed by atoms with Crippen LogP contribution in [-0.4, -0.2) is 25.2 Å². The van der Waals surface area contributed by atoms with Gasteiger partial charge >= 0.3 is 5.82 Å². The summed E-state index contributed by atoms with van der Waals surface area (Å²) in [7, 11) is 0. The average molecular weight is 276 g/mol. The first-order valence-electron chi connectivity index (χ1n) is 5.41. The number of hydrogen-bond donors (Lipinski definition) is 0. The van der Waals surface area contributed by atoms with E-state index in [1.165, 1.54) is 22.8 Å². The predicted molar refractivity (Wildman–Crippen MR) is 66.3 cm³/mol. The van der Waals surface area contributed by atoms with Gasteiger partial charge in [-0.1, -0.05) is 12.1 Å². The second kappa shape index (κ2) is 5.26. The molecule has 0 aliphatic rings. The number of rotatable bonds is 5. The molecule has 0 aliphatic heterocycles. The molecule has 0 saturated heterocycles. The highest BCUT2D eigenvalue weighted by Gasteiger charge is 2.15. The molecule has 0 bridgehead atoms. The van der Waals surface area contributed by atoms with Crippen LogP contribution in [0.4, 0.5) is 11.5 Å². The van der Waals surface area contributed by atoms with Crippen LogP contribution in [0, 0.1) is 20.2 Å². The number of benzene rings is 1. The normalized spacial score (nSPS) is 10.2. The van der Waals surface area contributed by atoms with Crippen molar-refractivity contribution >= 4 is 17.3 Å². The van der Waals surface area contributed by atoms with Gasteiger partial charge in [0.2, 0.25) is 6.33 Å². The molecule has 20 heavy (non-hydrogen) atoms. The fourth-order valence-corrected chi connectivity index (χ4v) is 1.58. The molecule has 0 N–H and O–H groups in total. The zero-order valence-electron chi connectivity index (χ0n) is 10.0. The van der Waals surface area contributed by atoms with E-state index in [-0.39, 0.29) is 23.6 Å². The van der Waals surface area contributed by atoms with Gasteiger partial charge in [-0.25, -0.2) is 0 Å². The molecule has 0 fully saturated rings. The number of nitrogens with zero attached hydrogens (tertiary/aromatic N) is 4. The van der Waals surface area contributed by atoms with E-state index in [4.69, 9.17) is 0 Å². The van der Waals surface area contributed by atoms with Gasteiger partial charge in [-0.2, -0.15) is 0 Å². The SMILES string of the molecule is O=C(Cn1cnc([N+](=O)[O-])c1)c1cccc([N+](=O)[O-])c1. The van der Waals surface area contributed by atoms with Crippen molar-refractivity contribution in [3.05, 3.63) is 62.6 Å². The van der Waals surface area contributed by atoms with Crippen molar-refractivity contribution in [1.82, 2.24) is 9.55 Å². The van der Waals surface area contributed by atoms with E-state index in [0.717, 1.165) is 18.6 Å². The summed E-state index contributed by atoms with van der Waals surface area (Å²) in [6, 6.07) is 5.29. The Morgan fingerprint density at radius 2 is 2.00 bits per heavy atom. The van der Waals surface area contributed by atoms with E-state index >= 15 is 0 Å².